The molecule has 116 valence electrons. The van der Waals surface area contributed by atoms with Gasteiger partial charge in [-0.05, 0) is 38.3 Å². The minimum Gasteiger partial charge on any atom is -0.464 e. The van der Waals surface area contributed by atoms with Crippen molar-refractivity contribution in [1.82, 2.24) is 4.73 Å². The Bertz CT molecular complexity index is 798. The summed E-state index contributed by atoms with van der Waals surface area (Å²) in [6.07, 6.45) is 0. The minimum atomic E-state index is -0.821. The summed E-state index contributed by atoms with van der Waals surface area (Å²) in [7, 11) is 1.19. The van der Waals surface area contributed by atoms with Gasteiger partial charge in [0.15, 0.2) is 5.69 Å². The lowest BCUT2D eigenvalue weighted by Gasteiger charge is -2.18. The van der Waals surface area contributed by atoms with E-state index in [0.717, 1.165) is 0 Å². The number of carbonyl (C=O) groups is 2. The highest BCUT2D eigenvalue weighted by Gasteiger charge is 2.27. The summed E-state index contributed by atoms with van der Waals surface area (Å²) in [5.74, 6) is -1.39. The fourth-order valence-corrected chi connectivity index (χ4v) is 1.80. The molecule has 6 nitrogen and oxygen atoms in total. The first kappa shape index (κ1) is 15.8. The average Bonchev–Trinajstić information content (AvgIpc) is 2.48. The van der Waals surface area contributed by atoms with Gasteiger partial charge < -0.3 is 9.57 Å². The van der Waals surface area contributed by atoms with Gasteiger partial charge in [0.2, 0.25) is 0 Å². The smallest absolute Gasteiger partial charge is 0.358 e. The van der Waals surface area contributed by atoms with Crippen LogP contribution in [0.5, 0.6) is 0 Å². The lowest BCUT2D eigenvalue weighted by atomic mass is 9.98. The molecule has 2 aromatic rings. The molecule has 0 saturated carbocycles. The van der Waals surface area contributed by atoms with Crippen LogP contribution in [0.3, 0.4) is 0 Å². The van der Waals surface area contributed by atoms with Gasteiger partial charge in [-0.25, -0.2) is 9.59 Å². The predicted molar refractivity (Wildman–Crippen MR) is 80.6 cm³/mol. The molecule has 0 bridgehead atoms. The van der Waals surface area contributed by atoms with E-state index < -0.39 is 22.9 Å². The Morgan fingerprint density at radius 3 is 2.36 bits per heavy atom. The Balaban J connectivity index is 2.69. The molecule has 0 aliphatic carbocycles. The summed E-state index contributed by atoms with van der Waals surface area (Å²) in [4.78, 5) is 41.6. The molecule has 2 rings (SSSR count). The van der Waals surface area contributed by atoms with Crippen LogP contribution in [0.4, 0.5) is 0 Å². The molecule has 0 radical (unpaired) electrons. The van der Waals surface area contributed by atoms with E-state index in [9.17, 15) is 14.4 Å². The molecule has 0 saturated heterocycles. The Hall–Kier alpha value is -2.63. The molecule has 1 aromatic carbocycles. The number of hydrogen-bond donors (Lipinski definition) is 0. The fourth-order valence-electron chi connectivity index (χ4n) is 1.80. The van der Waals surface area contributed by atoms with Crippen LogP contribution in [0, 0.1) is 5.41 Å². The van der Waals surface area contributed by atoms with E-state index in [2.05, 4.69) is 4.74 Å². The van der Waals surface area contributed by atoms with Gasteiger partial charge in [-0.2, -0.15) is 0 Å². The van der Waals surface area contributed by atoms with Gasteiger partial charge in [0.1, 0.15) is 0 Å². The molecule has 0 spiro atoms. The van der Waals surface area contributed by atoms with Crippen molar-refractivity contribution < 1.29 is 19.2 Å². The van der Waals surface area contributed by atoms with E-state index in [1.54, 1.807) is 45.0 Å². The maximum atomic E-state index is 12.5. The first-order chi connectivity index (χ1) is 10.3. The maximum absolute atomic E-state index is 12.5. The zero-order valence-corrected chi connectivity index (χ0v) is 12.9. The van der Waals surface area contributed by atoms with Gasteiger partial charge in [0.05, 0.1) is 17.9 Å². The van der Waals surface area contributed by atoms with E-state index in [-0.39, 0.29) is 5.69 Å². The lowest BCUT2D eigenvalue weighted by molar-refractivity contribution is -0.154. The zero-order chi connectivity index (χ0) is 16.5. The summed E-state index contributed by atoms with van der Waals surface area (Å²) < 4.78 is 5.35. The number of methoxy groups -OCH3 is 1. The summed E-state index contributed by atoms with van der Waals surface area (Å²) in [6.45, 7) is 4.96. The molecule has 0 N–H and O–H groups in total. The number of nitrogens with zero attached hydrogens (tertiary/aromatic N) is 1. The van der Waals surface area contributed by atoms with Gasteiger partial charge in [-0.3, -0.25) is 4.79 Å². The van der Waals surface area contributed by atoms with E-state index >= 15 is 0 Å². The van der Waals surface area contributed by atoms with Crippen molar-refractivity contribution in [2.75, 3.05) is 7.11 Å². The Morgan fingerprint density at radius 1 is 1.14 bits per heavy atom. The number of aromatic nitrogens is 1. The van der Waals surface area contributed by atoms with Gasteiger partial charge in [-0.15, -0.1) is 4.73 Å². The third-order valence-corrected chi connectivity index (χ3v) is 3.07. The lowest BCUT2D eigenvalue weighted by Crippen LogP contribution is -2.39. The van der Waals surface area contributed by atoms with Crippen LogP contribution in [0.25, 0.3) is 10.8 Å². The van der Waals surface area contributed by atoms with E-state index in [1.807, 2.05) is 0 Å². The number of rotatable bonds is 2. The van der Waals surface area contributed by atoms with Crippen LogP contribution in [-0.4, -0.2) is 23.8 Å². The first-order valence-corrected chi connectivity index (χ1v) is 6.71. The molecule has 0 fully saturated rings. The molecular formula is C16H17NO5. The summed E-state index contributed by atoms with van der Waals surface area (Å²) >= 11 is 0. The topological polar surface area (TPSA) is 74.6 Å². The minimum absolute atomic E-state index is 0.135. The molecule has 0 aliphatic heterocycles. The molecule has 1 heterocycles. The van der Waals surface area contributed by atoms with Crippen LogP contribution < -0.4 is 10.4 Å². The number of benzene rings is 1. The molecule has 0 aliphatic rings. The SMILES string of the molecule is COC(=O)c1cc2ccccc2c(=O)n1OC(=O)C(C)(C)C. The third kappa shape index (κ3) is 2.86. The van der Waals surface area contributed by atoms with E-state index in [1.165, 1.54) is 13.2 Å². The van der Waals surface area contributed by atoms with Crippen molar-refractivity contribution in [2.24, 2.45) is 5.41 Å². The van der Waals surface area contributed by atoms with Crippen LogP contribution in [0.2, 0.25) is 0 Å². The van der Waals surface area contributed by atoms with Crippen molar-refractivity contribution in [2.45, 2.75) is 20.8 Å². The quantitative estimate of drug-likeness (QED) is 0.791. The van der Waals surface area contributed by atoms with Crippen LogP contribution in [0.1, 0.15) is 31.3 Å². The second kappa shape index (κ2) is 5.63. The number of hydrogen-bond acceptors (Lipinski definition) is 5. The Labute approximate surface area is 127 Å². The number of ether oxygens (including phenoxy) is 1. The molecule has 0 amide bonds. The molecule has 1 aromatic heterocycles. The molecule has 22 heavy (non-hydrogen) atoms. The van der Waals surface area contributed by atoms with Crippen molar-refractivity contribution in [1.29, 1.82) is 0 Å². The van der Waals surface area contributed by atoms with Crippen LogP contribution in [-0.2, 0) is 9.53 Å². The maximum Gasteiger partial charge on any atom is 0.358 e. The number of pyridine rings is 1. The average molecular weight is 303 g/mol. The van der Waals surface area contributed by atoms with E-state index in [4.69, 9.17) is 4.84 Å². The normalized spacial score (nSPS) is 11.3. The summed E-state index contributed by atoms with van der Waals surface area (Å²) in [6, 6.07) is 8.18. The molecule has 0 unspecified atom stereocenters. The van der Waals surface area contributed by atoms with Crippen molar-refractivity contribution in [3.63, 3.8) is 0 Å². The number of esters is 1. The number of carbonyl (C=O) groups excluding carboxylic acids is 2. The monoisotopic (exact) mass is 303 g/mol. The van der Waals surface area contributed by atoms with Gasteiger partial charge >= 0.3 is 11.9 Å². The molecule has 0 atom stereocenters. The highest BCUT2D eigenvalue weighted by Crippen LogP contribution is 2.16. The van der Waals surface area contributed by atoms with Gasteiger partial charge in [-0.1, -0.05) is 18.2 Å². The highest BCUT2D eigenvalue weighted by atomic mass is 16.7. The van der Waals surface area contributed by atoms with Crippen molar-refractivity contribution in [3.05, 3.63) is 46.4 Å². The Kier molecular flexibility index (Phi) is 4.03. The van der Waals surface area contributed by atoms with Crippen molar-refractivity contribution in [3.8, 4) is 0 Å². The molecular weight excluding hydrogens is 286 g/mol. The van der Waals surface area contributed by atoms with Gasteiger partial charge in [0.25, 0.3) is 5.56 Å². The van der Waals surface area contributed by atoms with Crippen molar-refractivity contribution >= 4 is 22.7 Å². The van der Waals surface area contributed by atoms with Gasteiger partial charge in [0, 0.05) is 0 Å². The predicted octanol–water partition coefficient (Wildman–Crippen LogP) is 1.79. The fraction of sp³-hybridized carbons (Fsp3) is 0.312. The highest BCUT2D eigenvalue weighted by molar-refractivity contribution is 5.93. The largest absolute Gasteiger partial charge is 0.464 e. The van der Waals surface area contributed by atoms with Crippen LogP contribution >= 0.6 is 0 Å². The zero-order valence-electron chi connectivity index (χ0n) is 12.9. The summed E-state index contributed by atoms with van der Waals surface area (Å²) in [5, 5.41) is 0.910. The third-order valence-electron chi connectivity index (χ3n) is 3.07. The van der Waals surface area contributed by atoms with E-state index in [0.29, 0.717) is 15.5 Å². The molecule has 6 heteroatoms. The standard InChI is InChI=1S/C16H17NO5/c1-16(2,3)15(20)22-17-12(14(19)21-4)9-10-7-5-6-8-11(10)13(17)18/h5-9H,1-4H3. The first-order valence-electron chi connectivity index (χ1n) is 6.71. The number of fused-ring (bicyclic) bond motifs is 1. The Morgan fingerprint density at radius 2 is 1.77 bits per heavy atom. The summed E-state index contributed by atoms with van der Waals surface area (Å²) in [5.41, 5.74) is -1.54. The second-order valence-corrected chi connectivity index (χ2v) is 5.84. The second-order valence-electron chi connectivity index (χ2n) is 5.84. The van der Waals surface area contributed by atoms with Crippen LogP contribution in [0.15, 0.2) is 35.1 Å².